The highest BCUT2D eigenvalue weighted by Gasteiger charge is 2.39. The minimum atomic E-state index is -4.97. The summed E-state index contributed by atoms with van der Waals surface area (Å²) < 4.78 is 77.5. The maximum atomic E-state index is 12.5. The van der Waals surface area contributed by atoms with Gasteiger partial charge in [0.25, 0.3) is 11.1 Å². The van der Waals surface area contributed by atoms with Crippen LogP contribution in [0.25, 0.3) is 0 Å². The summed E-state index contributed by atoms with van der Waals surface area (Å²) in [4.78, 5) is 35.5. The van der Waals surface area contributed by atoms with Crippen molar-refractivity contribution in [2.24, 2.45) is 0 Å². The van der Waals surface area contributed by atoms with E-state index in [2.05, 4.69) is 4.74 Å². The number of esters is 1. The predicted molar refractivity (Wildman–Crippen MR) is 83.4 cm³/mol. The van der Waals surface area contributed by atoms with Crippen molar-refractivity contribution in [2.45, 2.75) is 19.3 Å². The van der Waals surface area contributed by atoms with Crippen LogP contribution in [-0.2, 0) is 17.1 Å². The molecular weight excluding hydrogens is 418 g/mol. The fraction of sp³-hybridized carbons (Fsp3) is 0.267. The monoisotopic (exact) mass is 430 g/mol. The number of nitrogens with one attached hydrogen (secondary N) is 2. The highest BCUT2D eigenvalue weighted by molar-refractivity contribution is 5.93. The van der Waals surface area contributed by atoms with Crippen LogP contribution < -0.4 is 11.1 Å². The molecule has 0 saturated heterocycles. The lowest BCUT2D eigenvalue weighted by Crippen LogP contribution is -2.22. The number of aromatic hydroxyl groups is 2. The molecule has 0 fully saturated rings. The number of aromatic amines is 2. The van der Waals surface area contributed by atoms with E-state index in [1.165, 1.54) is 11.9 Å². The van der Waals surface area contributed by atoms with Crippen LogP contribution in [0.3, 0.4) is 0 Å². The maximum absolute atomic E-state index is 12.5. The fourth-order valence-corrected chi connectivity index (χ4v) is 1.85. The van der Waals surface area contributed by atoms with E-state index in [9.17, 15) is 45.8 Å². The summed E-state index contributed by atoms with van der Waals surface area (Å²) in [5.74, 6) is -3.13. The number of carbonyl (C=O) groups excluding carboxylic acids is 1. The normalized spacial score (nSPS) is 11.4. The molecule has 0 aromatic carbocycles. The molecule has 2 heterocycles. The number of aromatic nitrogens is 2. The van der Waals surface area contributed by atoms with Gasteiger partial charge in [-0.25, -0.2) is 4.79 Å². The average molecular weight is 430 g/mol. The lowest BCUT2D eigenvalue weighted by molar-refractivity contribution is -0.142. The van der Waals surface area contributed by atoms with E-state index < -0.39 is 57.9 Å². The molecule has 0 aliphatic carbocycles. The average Bonchev–Trinajstić information content (AvgIpc) is 2.52. The molecule has 8 nitrogen and oxygen atoms in total. The van der Waals surface area contributed by atoms with Gasteiger partial charge in [0.1, 0.15) is 28.5 Å². The minimum Gasteiger partial charge on any atom is -0.508 e. The molecule has 0 aliphatic rings. The van der Waals surface area contributed by atoms with Crippen molar-refractivity contribution in [3.05, 3.63) is 55.9 Å². The van der Waals surface area contributed by atoms with Crippen LogP contribution in [0.1, 0.15) is 28.7 Å². The molecular formula is C15H12F6N2O6. The Morgan fingerprint density at radius 1 is 0.966 bits per heavy atom. The number of H-pyrrole nitrogens is 2. The van der Waals surface area contributed by atoms with E-state index in [4.69, 9.17) is 5.11 Å². The Kier molecular flexibility index (Phi) is 7.08. The van der Waals surface area contributed by atoms with Crippen LogP contribution in [0.5, 0.6) is 11.5 Å². The van der Waals surface area contributed by atoms with Gasteiger partial charge in [0.15, 0.2) is 0 Å². The first-order valence-corrected chi connectivity index (χ1v) is 7.38. The molecule has 0 amide bonds. The van der Waals surface area contributed by atoms with E-state index in [1.807, 2.05) is 0 Å². The number of carbonyl (C=O) groups is 1. The summed E-state index contributed by atoms with van der Waals surface area (Å²) in [6.07, 6.45) is -9.61. The minimum absolute atomic E-state index is 0.158. The van der Waals surface area contributed by atoms with Gasteiger partial charge in [-0.2, -0.15) is 26.3 Å². The Balaban J connectivity index is 0.000000308. The van der Waals surface area contributed by atoms with Crippen molar-refractivity contribution >= 4 is 5.97 Å². The van der Waals surface area contributed by atoms with Crippen molar-refractivity contribution in [1.29, 1.82) is 0 Å². The molecule has 0 saturated carbocycles. The smallest absolute Gasteiger partial charge is 0.432 e. The van der Waals surface area contributed by atoms with Gasteiger partial charge in [-0.3, -0.25) is 9.59 Å². The van der Waals surface area contributed by atoms with Gasteiger partial charge in [0.05, 0.1) is 6.61 Å². The number of ether oxygens (including phenoxy) is 1. The number of pyridine rings is 2. The second kappa shape index (κ2) is 8.70. The first-order valence-electron chi connectivity index (χ1n) is 7.38. The first kappa shape index (κ1) is 23.6. The van der Waals surface area contributed by atoms with Crippen LogP contribution in [0.4, 0.5) is 26.3 Å². The van der Waals surface area contributed by atoms with E-state index in [-0.39, 0.29) is 6.61 Å². The van der Waals surface area contributed by atoms with Crippen molar-refractivity contribution in [3.8, 4) is 11.5 Å². The topological polar surface area (TPSA) is 132 Å². The lowest BCUT2D eigenvalue weighted by Gasteiger charge is -2.12. The van der Waals surface area contributed by atoms with Crippen molar-refractivity contribution in [1.82, 2.24) is 9.97 Å². The number of rotatable bonds is 2. The number of hydrogen-bond acceptors (Lipinski definition) is 6. The molecule has 2 aromatic heterocycles. The third-order valence-electron chi connectivity index (χ3n) is 2.92. The Hall–Kier alpha value is -3.45. The third-order valence-corrected chi connectivity index (χ3v) is 2.92. The summed E-state index contributed by atoms with van der Waals surface area (Å²) in [5.41, 5.74) is -6.13. The highest BCUT2D eigenvalue weighted by atomic mass is 19.4. The molecule has 14 heteroatoms. The van der Waals surface area contributed by atoms with Crippen molar-refractivity contribution in [2.75, 3.05) is 6.61 Å². The van der Waals surface area contributed by atoms with Gasteiger partial charge in [0, 0.05) is 18.2 Å². The highest BCUT2D eigenvalue weighted by Crippen LogP contribution is 2.33. The quantitative estimate of drug-likeness (QED) is 0.427. The maximum Gasteiger partial charge on any atom is 0.432 e. The molecule has 0 radical (unpaired) electrons. The zero-order valence-corrected chi connectivity index (χ0v) is 14.2. The molecule has 0 atom stereocenters. The second-order valence-electron chi connectivity index (χ2n) is 5.10. The van der Waals surface area contributed by atoms with Gasteiger partial charge >= 0.3 is 18.3 Å². The van der Waals surface area contributed by atoms with Gasteiger partial charge in [0.2, 0.25) is 0 Å². The van der Waals surface area contributed by atoms with Gasteiger partial charge in [-0.15, -0.1) is 0 Å². The van der Waals surface area contributed by atoms with E-state index >= 15 is 0 Å². The Labute approximate surface area is 156 Å². The Morgan fingerprint density at radius 2 is 1.52 bits per heavy atom. The molecule has 0 spiro atoms. The van der Waals surface area contributed by atoms with Crippen LogP contribution in [0.15, 0.2) is 27.8 Å². The van der Waals surface area contributed by atoms with Crippen molar-refractivity contribution < 1.29 is 46.1 Å². The molecule has 2 rings (SSSR count). The molecule has 0 unspecified atom stereocenters. The molecule has 29 heavy (non-hydrogen) atoms. The number of hydrogen-bond donors (Lipinski definition) is 4. The third kappa shape index (κ3) is 6.58. The van der Waals surface area contributed by atoms with Crippen LogP contribution in [0.2, 0.25) is 0 Å². The summed E-state index contributed by atoms with van der Waals surface area (Å²) in [5, 5.41) is 17.8. The molecule has 2 aromatic rings. The van der Waals surface area contributed by atoms with E-state index in [1.54, 1.807) is 4.98 Å². The van der Waals surface area contributed by atoms with Crippen LogP contribution in [0, 0.1) is 0 Å². The van der Waals surface area contributed by atoms with E-state index in [0.717, 1.165) is 0 Å². The SMILES string of the molecule is CCOC(=O)c1c(O)cc(=O)[nH]c1C(F)(F)F.O=c1cc(O)cc(C(F)(F)F)[nH]1. The lowest BCUT2D eigenvalue weighted by atomic mass is 10.1. The number of alkyl halides is 6. The Bertz CT molecular complexity index is 993. The summed E-state index contributed by atoms with van der Waals surface area (Å²) in [6.45, 7) is 1.24. The first-order chi connectivity index (χ1) is 13.2. The fourth-order valence-electron chi connectivity index (χ4n) is 1.85. The van der Waals surface area contributed by atoms with Gasteiger partial charge in [-0.1, -0.05) is 0 Å². The van der Waals surface area contributed by atoms with Gasteiger partial charge in [-0.05, 0) is 6.92 Å². The second-order valence-corrected chi connectivity index (χ2v) is 5.10. The summed E-state index contributed by atoms with van der Waals surface area (Å²) >= 11 is 0. The van der Waals surface area contributed by atoms with E-state index in [0.29, 0.717) is 18.2 Å². The predicted octanol–water partition coefficient (Wildman–Crippen LogP) is 2.38. The standard InChI is InChI=1S/C9H8F3NO4.C6H4F3NO2/c1-2-17-8(16)6-4(14)3-5(15)13-7(6)9(10,11)12;7-6(8,9)4-1-3(11)2-5(12)10-4/h3H,2H2,1H3,(H2,13,14,15);1-2H,(H2,10,11,12). The zero-order chi connectivity index (χ0) is 22.6. The number of halogens is 6. The summed E-state index contributed by atoms with van der Waals surface area (Å²) in [7, 11) is 0. The zero-order valence-electron chi connectivity index (χ0n) is 14.2. The van der Waals surface area contributed by atoms with Crippen molar-refractivity contribution in [3.63, 3.8) is 0 Å². The molecule has 0 aliphatic heterocycles. The van der Waals surface area contributed by atoms with Crippen LogP contribution in [-0.4, -0.2) is 32.8 Å². The largest absolute Gasteiger partial charge is 0.508 e. The Morgan fingerprint density at radius 3 is 1.97 bits per heavy atom. The molecule has 0 bridgehead atoms. The van der Waals surface area contributed by atoms with Crippen LogP contribution >= 0.6 is 0 Å². The molecule has 160 valence electrons. The molecule has 4 N–H and O–H groups in total. The summed E-state index contributed by atoms with van der Waals surface area (Å²) in [6, 6.07) is 1.58. The van der Waals surface area contributed by atoms with Gasteiger partial charge < -0.3 is 24.9 Å².